The van der Waals surface area contributed by atoms with Crippen LogP contribution in [0.4, 0.5) is 0 Å². The number of rotatable bonds is 5. The van der Waals surface area contributed by atoms with Crippen molar-refractivity contribution in [1.82, 2.24) is 4.98 Å². The summed E-state index contributed by atoms with van der Waals surface area (Å²) in [6.45, 7) is 2.30. The molecule has 0 aliphatic heterocycles. The van der Waals surface area contributed by atoms with Gasteiger partial charge in [0.05, 0.1) is 19.2 Å². The van der Waals surface area contributed by atoms with Crippen molar-refractivity contribution in [3.05, 3.63) is 59.4 Å². The van der Waals surface area contributed by atoms with Crippen molar-refractivity contribution in [3.8, 4) is 5.75 Å². The summed E-state index contributed by atoms with van der Waals surface area (Å²) in [5.41, 5.74) is 2.74. The molecule has 4 nitrogen and oxygen atoms in total. The summed E-state index contributed by atoms with van der Waals surface area (Å²) in [6, 6.07) is 11.4. The first-order chi connectivity index (χ1) is 9.70. The Morgan fingerprint density at radius 3 is 2.60 bits per heavy atom. The first-order valence-corrected chi connectivity index (χ1v) is 6.38. The Morgan fingerprint density at radius 1 is 1.15 bits per heavy atom. The van der Waals surface area contributed by atoms with Crippen LogP contribution in [0, 0.1) is 6.92 Å². The van der Waals surface area contributed by atoms with Gasteiger partial charge in [-0.25, -0.2) is 0 Å². The number of nitrogens with zero attached hydrogens (tertiary/aromatic N) is 1. The van der Waals surface area contributed by atoms with Gasteiger partial charge in [-0.05, 0) is 30.2 Å². The van der Waals surface area contributed by atoms with Gasteiger partial charge >= 0.3 is 5.97 Å². The van der Waals surface area contributed by atoms with Crippen LogP contribution in [-0.2, 0) is 22.6 Å². The van der Waals surface area contributed by atoms with Gasteiger partial charge in [0.2, 0.25) is 0 Å². The average Bonchev–Trinajstić information content (AvgIpc) is 2.47. The highest BCUT2D eigenvalue weighted by Crippen LogP contribution is 2.17. The smallest absolute Gasteiger partial charge is 0.309 e. The van der Waals surface area contributed by atoms with E-state index in [9.17, 15) is 4.79 Å². The van der Waals surface area contributed by atoms with Gasteiger partial charge in [0.25, 0.3) is 0 Å². The van der Waals surface area contributed by atoms with Crippen LogP contribution in [0.25, 0.3) is 0 Å². The van der Waals surface area contributed by atoms with Crippen LogP contribution in [0.15, 0.2) is 42.6 Å². The molecule has 0 aliphatic carbocycles. The molecule has 0 unspecified atom stereocenters. The summed E-state index contributed by atoms with van der Waals surface area (Å²) in [7, 11) is 1.39. The Labute approximate surface area is 118 Å². The summed E-state index contributed by atoms with van der Waals surface area (Å²) >= 11 is 0. The van der Waals surface area contributed by atoms with Crippen LogP contribution in [0.5, 0.6) is 5.75 Å². The highest BCUT2D eigenvalue weighted by Gasteiger charge is 2.08. The largest absolute Gasteiger partial charge is 0.487 e. The van der Waals surface area contributed by atoms with Gasteiger partial charge in [-0.2, -0.15) is 0 Å². The zero-order chi connectivity index (χ0) is 14.4. The maximum atomic E-state index is 11.4. The number of hydrogen-bond acceptors (Lipinski definition) is 4. The molecular weight excluding hydrogens is 254 g/mol. The Hall–Kier alpha value is -2.36. The number of benzene rings is 1. The molecule has 0 N–H and O–H groups in total. The molecule has 0 spiro atoms. The number of aryl methyl sites for hydroxylation is 1. The number of carbonyl (C=O) groups excluding carboxylic acids is 1. The second-order valence-electron chi connectivity index (χ2n) is 4.40. The third-order valence-electron chi connectivity index (χ3n) is 3.02. The molecule has 104 valence electrons. The Kier molecular flexibility index (Phi) is 4.71. The lowest BCUT2D eigenvalue weighted by atomic mass is 10.1. The molecule has 0 aliphatic rings. The first kappa shape index (κ1) is 14.1. The molecule has 1 aromatic heterocycles. The number of aromatic nitrogens is 1. The number of hydrogen-bond donors (Lipinski definition) is 0. The topological polar surface area (TPSA) is 48.4 Å². The Balaban J connectivity index is 2.10. The highest BCUT2D eigenvalue weighted by molar-refractivity contribution is 5.72. The maximum absolute atomic E-state index is 11.4. The van der Waals surface area contributed by atoms with Crippen molar-refractivity contribution >= 4 is 5.97 Å². The number of pyridine rings is 1. The van der Waals surface area contributed by atoms with E-state index in [-0.39, 0.29) is 12.4 Å². The van der Waals surface area contributed by atoms with E-state index in [4.69, 9.17) is 9.47 Å². The maximum Gasteiger partial charge on any atom is 0.309 e. The van der Waals surface area contributed by atoms with Crippen molar-refractivity contribution in [3.63, 3.8) is 0 Å². The van der Waals surface area contributed by atoms with Gasteiger partial charge in [0, 0.05) is 6.20 Å². The van der Waals surface area contributed by atoms with Crippen LogP contribution >= 0.6 is 0 Å². The minimum atomic E-state index is -0.255. The Morgan fingerprint density at radius 2 is 1.90 bits per heavy atom. The van der Waals surface area contributed by atoms with Crippen LogP contribution < -0.4 is 4.74 Å². The molecule has 0 radical (unpaired) electrons. The van der Waals surface area contributed by atoms with E-state index < -0.39 is 0 Å². The molecule has 0 saturated heterocycles. The molecule has 0 atom stereocenters. The third-order valence-corrected chi connectivity index (χ3v) is 3.02. The van der Waals surface area contributed by atoms with E-state index in [1.807, 2.05) is 43.3 Å². The summed E-state index contributed by atoms with van der Waals surface area (Å²) < 4.78 is 10.5. The summed E-state index contributed by atoms with van der Waals surface area (Å²) in [6.07, 6.45) is 1.98. The molecule has 20 heavy (non-hydrogen) atoms. The lowest BCUT2D eigenvalue weighted by Crippen LogP contribution is -2.08. The van der Waals surface area contributed by atoms with Gasteiger partial charge in [-0.1, -0.05) is 24.3 Å². The van der Waals surface area contributed by atoms with Gasteiger partial charge in [-0.15, -0.1) is 0 Å². The average molecular weight is 271 g/mol. The molecule has 0 fully saturated rings. The van der Waals surface area contributed by atoms with E-state index >= 15 is 0 Å². The number of esters is 1. The summed E-state index contributed by atoms with van der Waals surface area (Å²) in [4.78, 5) is 15.6. The lowest BCUT2D eigenvalue weighted by molar-refractivity contribution is -0.139. The predicted molar refractivity (Wildman–Crippen MR) is 75.5 cm³/mol. The van der Waals surface area contributed by atoms with E-state index in [0.29, 0.717) is 6.61 Å². The number of carbonyl (C=O) groups is 1. The molecule has 0 bridgehead atoms. The van der Waals surface area contributed by atoms with E-state index in [1.54, 1.807) is 6.20 Å². The van der Waals surface area contributed by atoms with Crippen LogP contribution in [-0.4, -0.2) is 18.1 Å². The molecule has 1 aromatic carbocycles. The van der Waals surface area contributed by atoms with Crippen molar-refractivity contribution in [2.45, 2.75) is 20.0 Å². The van der Waals surface area contributed by atoms with Crippen molar-refractivity contribution in [2.75, 3.05) is 7.11 Å². The molecule has 0 saturated carbocycles. The molecule has 2 rings (SSSR count). The van der Waals surface area contributed by atoms with Gasteiger partial charge in [0.1, 0.15) is 12.4 Å². The molecule has 4 heteroatoms. The fourth-order valence-corrected chi connectivity index (χ4v) is 1.88. The number of methoxy groups -OCH3 is 1. The van der Waals surface area contributed by atoms with E-state index in [1.165, 1.54) is 7.11 Å². The van der Waals surface area contributed by atoms with Crippen molar-refractivity contribution in [2.24, 2.45) is 0 Å². The standard InChI is InChI=1S/C16H17NO3/c1-12-15(8-5-9-17-12)20-11-14-7-4-3-6-13(14)10-16(18)19-2/h3-9H,10-11H2,1-2H3. The number of ether oxygens (including phenoxy) is 2. The van der Waals surface area contributed by atoms with Gasteiger partial charge in [-0.3, -0.25) is 9.78 Å². The van der Waals surface area contributed by atoms with E-state index in [2.05, 4.69) is 4.98 Å². The minimum Gasteiger partial charge on any atom is -0.487 e. The second-order valence-corrected chi connectivity index (χ2v) is 4.40. The molecular formula is C16H17NO3. The summed E-state index contributed by atoms with van der Waals surface area (Å²) in [5, 5.41) is 0. The highest BCUT2D eigenvalue weighted by atomic mass is 16.5. The summed E-state index contributed by atoms with van der Waals surface area (Å²) in [5.74, 6) is 0.496. The van der Waals surface area contributed by atoms with Crippen molar-refractivity contribution in [1.29, 1.82) is 0 Å². The fraction of sp³-hybridized carbons (Fsp3) is 0.250. The van der Waals surface area contributed by atoms with Gasteiger partial charge < -0.3 is 9.47 Å². The third kappa shape index (κ3) is 3.57. The monoisotopic (exact) mass is 271 g/mol. The first-order valence-electron chi connectivity index (χ1n) is 6.38. The predicted octanol–water partition coefficient (Wildman–Crippen LogP) is 2.68. The fourth-order valence-electron chi connectivity index (χ4n) is 1.88. The lowest BCUT2D eigenvalue weighted by Gasteiger charge is -2.11. The molecule has 2 aromatic rings. The van der Waals surface area contributed by atoms with Crippen LogP contribution in [0.2, 0.25) is 0 Å². The second kappa shape index (κ2) is 6.70. The van der Waals surface area contributed by atoms with E-state index in [0.717, 1.165) is 22.6 Å². The SMILES string of the molecule is COC(=O)Cc1ccccc1COc1cccnc1C. The quantitative estimate of drug-likeness (QED) is 0.784. The molecule has 1 heterocycles. The van der Waals surface area contributed by atoms with Crippen LogP contribution in [0.1, 0.15) is 16.8 Å². The minimum absolute atomic E-state index is 0.252. The normalized spacial score (nSPS) is 10.1. The Bertz CT molecular complexity index is 596. The zero-order valence-electron chi connectivity index (χ0n) is 11.6. The molecule has 0 amide bonds. The van der Waals surface area contributed by atoms with Gasteiger partial charge in [0.15, 0.2) is 0 Å². The van der Waals surface area contributed by atoms with Crippen LogP contribution in [0.3, 0.4) is 0 Å². The van der Waals surface area contributed by atoms with Crippen molar-refractivity contribution < 1.29 is 14.3 Å². The zero-order valence-corrected chi connectivity index (χ0v) is 11.6.